The summed E-state index contributed by atoms with van der Waals surface area (Å²) in [6, 6.07) is 15.3. The Balaban J connectivity index is 1.41. The van der Waals surface area contributed by atoms with E-state index in [-0.39, 0.29) is 48.7 Å². The summed E-state index contributed by atoms with van der Waals surface area (Å²) in [5.74, 6) is -0.226. The molecule has 3 aromatic rings. The monoisotopic (exact) mass is 392 g/mol. The van der Waals surface area contributed by atoms with Crippen LogP contribution in [0.25, 0.3) is 0 Å². The Kier molecular flexibility index (Phi) is 5.02. The van der Waals surface area contributed by atoms with Gasteiger partial charge in [0.1, 0.15) is 5.75 Å². The zero-order valence-electron chi connectivity index (χ0n) is 15.2. The number of benzene rings is 2. The number of amides is 3. The maximum atomic E-state index is 12.5. The van der Waals surface area contributed by atoms with Crippen molar-refractivity contribution in [3.8, 4) is 5.75 Å². The molecule has 29 heavy (non-hydrogen) atoms. The summed E-state index contributed by atoms with van der Waals surface area (Å²) in [4.78, 5) is 37.3. The van der Waals surface area contributed by atoms with Crippen LogP contribution in [0.4, 0.5) is 11.7 Å². The Morgan fingerprint density at radius 3 is 2.55 bits per heavy atom. The Hall–Kier alpha value is -4.01. The first kappa shape index (κ1) is 18.4. The van der Waals surface area contributed by atoms with Crippen LogP contribution in [0.2, 0.25) is 0 Å². The molecule has 1 aliphatic rings. The van der Waals surface area contributed by atoms with Crippen molar-refractivity contribution in [2.45, 2.75) is 19.4 Å². The van der Waals surface area contributed by atoms with E-state index in [0.717, 1.165) is 4.90 Å². The molecule has 2 heterocycles. The predicted molar refractivity (Wildman–Crippen MR) is 101 cm³/mol. The molecule has 9 nitrogen and oxygen atoms in total. The first-order valence-corrected chi connectivity index (χ1v) is 8.87. The van der Waals surface area contributed by atoms with Gasteiger partial charge in [-0.15, -0.1) is 5.10 Å². The van der Waals surface area contributed by atoms with Gasteiger partial charge in [0.15, 0.2) is 6.61 Å². The molecular formula is C20H16N4O5. The van der Waals surface area contributed by atoms with Gasteiger partial charge in [-0.05, 0) is 30.3 Å². The number of nitrogens with one attached hydrogen (secondary N) is 1. The highest BCUT2D eigenvalue weighted by Crippen LogP contribution is 2.23. The van der Waals surface area contributed by atoms with Gasteiger partial charge in [-0.25, -0.2) is 0 Å². The molecule has 4 rings (SSSR count). The summed E-state index contributed by atoms with van der Waals surface area (Å²) in [7, 11) is 0. The lowest BCUT2D eigenvalue weighted by molar-refractivity contribution is -0.121. The molecule has 0 radical (unpaired) electrons. The van der Waals surface area contributed by atoms with Gasteiger partial charge in [0, 0.05) is 18.4 Å². The van der Waals surface area contributed by atoms with Gasteiger partial charge in [0.05, 0.1) is 5.69 Å². The van der Waals surface area contributed by atoms with Crippen molar-refractivity contribution in [1.82, 2.24) is 10.2 Å². The smallest absolute Gasteiger partial charge is 0.322 e. The van der Waals surface area contributed by atoms with Crippen LogP contribution in [0.3, 0.4) is 0 Å². The second-order valence-electron chi connectivity index (χ2n) is 6.23. The molecule has 0 atom stereocenters. The van der Waals surface area contributed by atoms with Gasteiger partial charge in [0.2, 0.25) is 11.8 Å². The van der Waals surface area contributed by atoms with E-state index >= 15 is 0 Å². The molecule has 146 valence electrons. The molecule has 0 spiro atoms. The number of nitrogens with zero attached hydrogens (tertiary/aromatic N) is 3. The highest BCUT2D eigenvalue weighted by Gasteiger charge is 2.30. The minimum atomic E-state index is -0.509. The number of ether oxygens (including phenoxy) is 1. The molecule has 9 heteroatoms. The molecular weight excluding hydrogens is 376 g/mol. The van der Waals surface area contributed by atoms with Gasteiger partial charge in [-0.2, -0.15) is 0 Å². The van der Waals surface area contributed by atoms with E-state index in [1.54, 1.807) is 30.3 Å². The number of anilines is 2. The standard InChI is InChI=1S/C20H16N4O5/c25-17-9-10-18(26)24(17)14-6-4-5-13(11-14)19(27)21-20-23-22-16(29-20)12-28-15-7-2-1-3-8-15/h1-8,11H,9-10,12H2,(H,21,23,27). The molecule has 2 aromatic carbocycles. The van der Waals surface area contributed by atoms with Crippen LogP contribution in [0, 0.1) is 0 Å². The summed E-state index contributed by atoms with van der Waals surface area (Å²) in [5.41, 5.74) is 0.600. The van der Waals surface area contributed by atoms with E-state index in [0.29, 0.717) is 11.4 Å². The van der Waals surface area contributed by atoms with E-state index in [9.17, 15) is 14.4 Å². The topological polar surface area (TPSA) is 115 Å². The lowest BCUT2D eigenvalue weighted by Gasteiger charge is -2.14. The zero-order valence-corrected chi connectivity index (χ0v) is 15.2. The van der Waals surface area contributed by atoms with Crippen molar-refractivity contribution in [3.63, 3.8) is 0 Å². The summed E-state index contributed by atoms with van der Waals surface area (Å²) in [6.07, 6.45) is 0.343. The van der Waals surface area contributed by atoms with Crippen LogP contribution in [0.1, 0.15) is 29.1 Å². The van der Waals surface area contributed by atoms with Gasteiger partial charge in [-0.3, -0.25) is 24.6 Å². The van der Waals surface area contributed by atoms with Crippen LogP contribution in [-0.4, -0.2) is 27.9 Å². The molecule has 1 aromatic heterocycles. The summed E-state index contributed by atoms with van der Waals surface area (Å²) < 4.78 is 10.9. The van der Waals surface area contributed by atoms with Crippen molar-refractivity contribution in [2.75, 3.05) is 10.2 Å². The van der Waals surface area contributed by atoms with E-state index < -0.39 is 5.91 Å². The highest BCUT2D eigenvalue weighted by molar-refractivity contribution is 6.20. The van der Waals surface area contributed by atoms with Crippen molar-refractivity contribution < 1.29 is 23.5 Å². The van der Waals surface area contributed by atoms with Crippen molar-refractivity contribution in [3.05, 3.63) is 66.1 Å². The molecule has 0 bridgehead atoms. The van der Waals surface area contributed by atoms with Crippen LogP contribution in [0.5, 0.6) is 5.75 Å². The summed E-state index contributed by atoms with van der Waals surface area (Å²) in [6.45, 7) is 0.0571. The van der Waals surface area contributed by atoms with Gasteiger partial charge >= 0.3 is 6.01 Å². The average Bonchev–Trinajstić information content (AvgIpc) is 3.33. The fourth-order valence-corrected chi connectivity index (χ4v) is 2.84. The summed E-state index contributed by atoms with van der Waals surface area (Å²) in [5, 5.41) is 10.1. The average molecular weight is 392 g/mol. The summed E-state index contributed by atoms with van der Waals surface area (Å²) >= 11 is 0. The molecule has 0 aliphatic carbocycles. The fourth-order valence-electron chi connectivity index (χ4n) is 2.84. The van der Waals surface area contributed by atoms with Gasteiger partial charge < -0.3 is 9.15 Å². The lowest BCUT2D eigenvalue weighted by Crippen LogP contribution is -2.28. The number of hydrogen-bond donors (Lipinski definition) is 1. The third-order valence-corrected chi connectivity index (χ3v) is 4.21. The van der Waals surface area contributed by atoms with Crippen LogP contribution in [0.15, 0.2) is 59.0 Å². The highest BCUT2D eigenvalue weighted by atomic mass is 16.5. The third-order valence-electron chi connectivity index (χ3n) is 4.21. The quantitative estimate of drug-likeness (QED) is 0.641. The molecule has 1 N–H and O–H groups in total. The van der Waals surface area contributed by atoms with E-state index in [2.05, 4.69) is 15.5 Å². The second kappa shape index (κ2) is 7.93. The normalized spacial score (nSPS) is 13.6. The van der Waals surface area contributed by atoms with Crippen molar-refractivity contribution >= 4 is 29.4 Å². The number of carbonyl (C=O) groups is 3. The second-order valence-corrected chi connectivity index (χ2v) is 6.23. The number of hydrogen-bond acceptors (Lipinski definition) is 7. The van der Waals surface area contributed by atoms with Crippen LogP contribution < -0.4 is 15.0 Å². The first-order chi connectivity index (χ1) is 14.1. The zero-order chi connectivity index (χ0) is 20.2. The minimum absolute atomic E-state index is 0.0571. The van der Waals surface area contributed by atoms with E-state index in [4.69, 9.17) is 9.15 Å². The fraction of sp³-hybridized carbons (Fsp3) is 0.150. The molecule has 1 aliphatic heterocycles. The number of rotatable bonds is 6. The largest absolute Gasteiger partial charge is 0.484 e. The number of imide groups is 1. The minimum Gasteiger partial charge on any atom is -0.484 e. The Morgan fingerprint density at radius 2 is 1.79 bits per heavy atom. The number of carbonyl (C=O) groups excluding carboxylic acids is 3. The molecule has 3 amide bonds. The Bertz CT molecular complexity index is 1050. The Labute approximate surface area is 165 Å². The van der Waals surface area contributed by atoms with Crippen LogP contribution >= 0.6 is 0 Å². The maximum Gasteiger partial charge on any atom is 0.322 e. The predicted octanol–water partition coefficient (Wildman–Crippen LogP) is 2.55. The SMILES string of the molecule is O=C(Nc1nnc(COc2ccccc2)o1)c1cccc(N2C(=O)CCC2=O)c1. The molecule has 1 fully saturated rings. The first-order valence-electron chi connectivity index (χ1n) is 8.87. The van der Waals surface area contributed by atoms with Crippen LogP contribution in [-0.2, 0) is 16.2 Å². The maximum absolute atomic E-state index is 12.5. The molecule has 1 saturated heterocycles. The van der Waals surface area contributed by atoms with Crippen molar-refractivity contribution in [1.29, 1.82) is 0 Å². The Morgan fingerprint density at radius 1 is 1.03 bits per heavy atom. The number of para-hydroxylation sites is 1. The van der Waals surface area contributed by atoms with Crippen molar-refractivity contribution in [2.24, 2.45) is 0 Å². The number of aromatic nitrogens is 2. The molecule has 0 unspecified atom stereocenters. The van der Waals surface area contributed by atoms with E-state index in [1.165, 1.54) is 6.07 Å². The van der Waals surface area contributed by atoms with Gasteiger partial charge in [-0.1, -0.05) is 29.4 Å². The third kappa shape index (κ3) is 4.13. The van der Waals surface area contributed by atoms with Gasteiger partial charge in [0.25, 0.3) is 11.8 Å². The van der Waals surface area contributed by atoms with E-state index in [1.807, 2.05) is 18.2 Å². The lowest BCUT2D eigenvalue weighted by atomic mass is 10.2. The molecule has 0 saturated carbocycles.